The van der Waals surface area contributed by atoms with E-state index in [1.807, 2.05) is 36.4 Å². The van der Waals surface area contributed by atoms with Crippen LogP contribution in [0.15, 0.2) is 67.1 Å². The van der Waals surface area contributed by atoms with Crippen molar-refractivity contribution in [2.24, 2.45) is 0 Å². The number of halogens is 1. The van der Waals surface area contributed by atoms with Gasteiger partial charge in [-0.2, -0.15) is 5.26 Å². The fourth-order valence-corrected chi connectivity index (χ4v) is 4.57. The summed E-state index contributed by atoms with van der Waals surface area (Å²) in [7, 11) is 0. The van der Waals surface area contributed by atoms with E-state index in [1.165, 1.54) is 24.7 Å². The summed E-state index contributed by atoms with van der Waals surface area (Å²) in [5.74, 6) is -0.181. The van der Waals surface area contributed by atoms with Gasteiger partial charge in [-0.15, -0.1) is 11.3 Å². The number of anilines is 2. The van der Waals surface area contributed by atoms with Crippen LogP contribution in [0.4, 0.5) is 16.0 Å². The van der Waals surface area contributed by atoms with Crippen molar-refractivity contribution < 1.29 is 9.18 Å². The fourth-order valence-electron chi connectivity index (χ4n) is 3.63. The Hall–Kier alpha value is -4.95. The number of benzene rings is 2. The summed E-state index contributed by atoms with van der Waals surface area (Å²) in [6.07, 6.45) is 2.75. The molecule has 0 aliphatic carbocycles. The maximum Gasteiger partial charge on any atom is 0.274 e. The summed E-state index contributed by atoms with van der Waals surface area (Å²) in [4.78, 5) is 31.5. The van der Waals surface area contributed by atoms with Crippen molar-refractivity contribution in [3.63, 3.8) is 0 Å². The van der Waals surface area contributed by atoms with Crippen molar-refractivity contribution in [1.29, 1.82) is 5.26 Å². The first kappa shape index (κ1) is 23.8. The molecule has 4 N–H and O–H groups in total. The van der Waals surface area contributed by atoms with E-state index in [9.17, 15) is 14.4 Å². The van der Waals surface area contributed by atoms with Gasteiger partial charge >= 0.3 is 0 Å². The van der Waals surface area contributed by atoms with E-state index in [4.69, 9.17) is 5.73 Å². The van der Waals surface area contributed by atoms with Crippen LogP contribution in [0.3, 0.4) is 0 Å². The zero-order chi connectivity index (χ0) is 25.8. The summed E-state index contributed by atoms with van der Waals surface area (Å²) in [5, 5.41) is 15.9. The van der Waals surface area contributed by atoms with Gasteiger partial charge in [0, 0.05) is 21.7 Å². The summed E-state index contributed by atoms with van der Waals surface area (Å²) < 4.78 is 13.1. The highest BCUT2D eigenvalue weighted by Crippen LogP contribution is 2.31. The molecule has 5 rings (SSSR count). The summed E-state index contributed by atoms with van der Waals surface area (Å²) in [5.41, 5.74) is 8.52. The van der Waals surface area contributed by atoms with Crippen LogP contribution in [0.2, 0.25) is 0 Å². The first-order valence-corrected chi connectivity index (χ1v) is 11.9. The highest BCUT2D eigenvalue weighted by molar-refractivity contribution is 7.15. The van der Waals surface area contributed by atoms with Crippen molar-refractivity contribution in [3.05, 3.63) is 94.8 Å². The molecule has 0 fully saturated rings. The molecule has 0 radical (unpaired) electrons. The quantitative estimate of drug-likeness (QED) is 0.294. The lowest BCUT2D eigenvalue weighted by Crippen LogP contribution is -2.26. The van der Waals surface area contributed by atoms with Crippen molar-refractivity contribution in [3.8, 4) is 16.5 Å². The molecular weight excluding hydrogens is 491 g/mol. The second-order valence-electron chi connectivity index (χ2n) is 7.98. The number of nitrogens with one attached hydrogen (secondary N) is 2. The van der Waals surface area contributed by atoms with Gasteiger partial charge in [0.15, 0.2) is 17.2 Å². The van der Waals surface area contributed by atoms with Crippen LogP contribution < -0.4 is 16.4 Å². The van der Waals surface area contributed by atoms with Gasteiger partial charge in [0.25, 0.3) is 5.91 Å². The van der Waals surface area contributed by atoms with Crippen LogP contribution in [-0.4, -0.2) is 25.8 Å². The fraction of sp³-hybridized carbons (Fsp3) is 0.0769. The minimum Gasteiger partial charge on any atom is -0.383 e. The topological polar surface area (TPSA) is 142 Å². The van der Waals surface area contributed by atoms with Gasteiger partial charge in [-0.1, -0.05) is 18.2 Å². The monoisotopic (exact) mass is 510 g/mol. The van der Waals surface area contributed by atoms with Gasteiger partial charge in [0.05, 0.1) is 18.3 Å². The first-order valence-electron chi connectivity index (χ1n) is 11.1. The average Bonchev–Trinajstić information content (AvgIpc) is 3.40. The van der Waals surface area contributed by atoms with Crippen LogP contribution in [0.25, 0.3) is 21.3 Å². The summed E-state index contributed by atoms with van der Waals surface area (Å²) in [6, 6.07) is 17.5. The number of aromatic nitrogens is 4. The smallest absolute Gasteiger partial charge is 0.274 e. The molecule has 182 valence electrons. The molecule has 2 aromatic carbocycles. The molecule has 37 heavy (non-hydrogen) atoms. The highest BCUT2D eigenvalue weighted by atomic mass is 32.1. The number of carbonyl (C=O) groups is 1. The molecule has 5 aromatic rings. The Labute approximate surface area is 214 Å². The van der Waals surface area contributed by atoms with E-state index in [0.717, 1.165) is 31.8 Å². The molecule has 11 heteroatoms. The van der Waals surface area contributed by atoms with Crippen LogP contribution in [0.1, 0.15) is 26.6 Å². The van der Waals surface area contributed by atoms with Crippen molar-refractivity contribution in [1.82, 2.24) is 25.3 Å². The van der Waals surface area contributed by atoms with Gasteiger partial charge in [-0.05, 0) is 47.5 Å². The van der Waals surface area contributed by atoms with E-state index < -0.39 is 5.91 Å². The molecule has 0 aliphatic heterocycles. The van der Waals surface area contributed by atoms with Crippen molar-refractivity contribution in [2.45, 2.75) is 13.1 Å². The number of nitrogen functional groups attached to an aromatic ring is 1. The second-order valence-corrected chi connectivity index (χ2v) is 9.15. The minimum absolute atomic E-state index is 0.00273. The number of fused-ring (bicyclic) bond motifs is 1. The maximum atomic E-state index is 13.1. The number of hydrogen-bond acceptors (Lipinski definition) is 9. The van der Waals surface area contributed by atoms with Gasteiger partial charge in [-0.25, -0.2) is 24.3 Å². The van der Waals surface area contributed by atoms with Crippen molar-refractivity contribution >= 4 is 39.8 Å². The third-order valence-electron chi connectivity index (χ3n) is 5.51. The zero-order valence-electron chi connectivity index (χ0n) is 19.3. The number of nitrogens with zero attached hydrogens (tertiary/aromatic N) is 5. The Morgan fingerprint density at radius 1 is 1.05 bits per heavy atom. The lowest BCUT2D eigenvalue weighted by atomic mass is 10.1. The number of carbonyl (C=O) groups excluding carboxylic acids is 1. The minimum atomic E-state index is -0.501. The molecular formula is C26H19FN8OS. The Kier molecular flexibility index (Phi) is 6.65. The van der Waals surface area contributed by atoms with E-state index >= 15 is 0 Å². The normalized spacial score (nSPS) is 10.7. The lowest BCUT2D eigenvalue weighted by Gasteiger charge is -2.10. The van der Waals surface area contributed by atoms with Gasteiger partial charge in [0.1, 0.15) is 24.0 Å². The largest absolute Gasteiger partial charge is 0.383 e. The molecule has 0 aliphatic rings. The number of nitrogens with two attached hydrogens (primary N) is 1. The van der Waals surface area contributed by atoms with E-state index in [-0.39, 0.29) is 29.6 Å². The summed E-state index contributed by atoms with van der Waals surface area (Å²) in [6.45, 7) is 0.564. The molecule has 0 spiro atoms. The van der Waals surface area contributed by atoms with Gasteiger partial charge < -0.3 is 16.4 Å². The SMILES string of the molecule is N#Cc1cnc(NCc2ccc(-c3ccc4ncnc(N)c4c3)s2)c(C(=O)NCc2ccc(F)cc2)n1. The number of thiophene rings is 1. The lowest BCUT2D eigenvalue weighted by molar-refractivity contribution is 0.0946. The van der Waals surface area contributed by atoms with Gasteiger partial charge in [-0.3, -0.25) is 4.79 Å². The first-order chi connectivity index (χ1) is 18.0. The third kappa shape index (κ3) is 5.34. The van der Waals surface area contributed by atoms with E-state index in [2.05, 4.69) is 30.6 Å². The molecule has 9 nitrogen and oxygen atoms in total. The Balaban J connectivity index is 1.31. The zero-order valence-corrected chi connectivity index (χ0v) is 20.1. The molecule has 3 aromatic heterocycles. The predicted molar refractivity (Wildman–Crippen MR) is 139 cm³/mol. The molecule has 0 saturated heterocycles. The second kappa shape index (κ2) is 10.3. The average molecular weight is 511 g/mol. The number of nitriles is 1. The molecule has 0 unspecified atom stereocenters. The maximum absolute atomic E-state index is 13.1. The van der Waals surface area contributed by atoms with Crippen LogP contribution in [-0.2, 0) is 13.1 Å². The van der Waals surface area contributed by atoms with Crippen LogP contribution in [0.5, 0.6) is 0 Å². The molecule has 1 amide bonds. The van der Waals surface area contributed by atoms with Crippen molar-refractivity contribution in [2.75, 3.05) is 11.1 Å². The summed E-state index contributed by atoms with van der Waals surface area (Å²) >= 11 is 1.57. The highest BCUT2D eigenvalue weighted by Gasteiger charge is 2.16. The molecule has 0 saturated carbocycles. The Morgan fingerprint density at radius 3 is 2.70 bits per heavy atom. The number of rotatable bonds is 7. The van der Waals surface area contributed by atoms with Gasteiger partial charge in [0.2, 0.25) is 0 Å². The number of hydrogen-bond donors (Lipinski definition) is 3. The Morgan fingerprint density at radius 2 is 1.89 bits per heavy atom. The van der Waals surface area contributed by atoms with Crippen LogP contribution >= 0.6 is 11.3 Å². The Bertz CT molecular complexity index is 1650. The molecule has 0 atom stereocenters. The molecule has 3 heterocycles. The van der Waals surface area contributed by atoms with Crippen LogP contribution in [0, 0.1) is 17.1 Å². The van der Waals surface area contributed by atoms with E-state index in [0.29, 0.717) is 12.4 Å². The third-order valence-corrected chi connectivity index (χ3v) is 6.65. The predicted octanol–water partition coefficient (Wildman–Crippen LogP) is 4.28. The number of amides is 1. The standard InChI is InChI=1S/C26H19FN8OS/c27-17-4-1-15(2-5-17)11-32-26(36)23-25(30-12-18(10-28)35-23)31-13-19-6-8-22(37-19)16-3-7-21-20(9-16)24(29)34-14-33-21/h1-9,12,14H,11,13H2,(H,30,31)(H,32,36)(H2,29,33,34). The van der Waals surface area contributed by atoms with E-state index in [1.54, 1.807) is 23.5 Å². The molecule has 0 bridgehead atoms.